The van der Waals surface area contributed by atoms with Crippen molar-refractivity contribution in [3.05, 3.63) is 89.5 Å². The highest BCUT2D eigenvalue weighted by Crippen LogP contribution is 2.23. The van der Waals surface area contributed by atoms with Crippen LogP contribution in [0, 0.1) is 11.6 Å². The van der Waals surface area contributed by atoms with Crippen molar-refractivity contribution in [3.8, 4) is 0 Å². The highest BCUT2D eigenvalue weighted by atomic mass is 19.1. The molecule has 0 aliphatic heterocycles. The third kappa shape index (κ3) is 4.79. The average Bonchev–Trinajstić information content (AvgIpc) is 2.69. The van der Waals surface area contributed by atoms with Crippen molar-refractivity contribution in [1.29, 1.82) is 0 Å². The van der Waals surface area contributed by atoms with Gasteiger partial charge in [0.1, 0.15) is 17.7 Å². The Kier molecular flexibility index (Phi) is 6.13. The first-order valence-electron chi connectivity index (χ1n) is 8.68. The van der Waals surface area contributed by atoms with Crippen molar-refractivity contribution in [3.63, 3.8) is 0 Å². The molecule has 3 aromatic rings. The molecule has 1 amide bonds. The molecule has 3 aromatic carbocycles. The predicted molar refractivity (Wildman–Crippen MR) is 103 cm³/mol. The van der Waals surface area contributed by atoms with E-state index in [-0.39, 0.29) is 5.56 Å². The molecule has 3 N–H and O–H groups in total. The number of hydrogen-bond donors (Lipinski definition) is 3. The summed E-state index contributed by atoms with van der Waals surface area (Å²) in [6.45, 7) is -0.545. The van der Waals surface area contributed by atoms with E-state index in [4.69, 9.17) is 0 Å². The number of rotatable bonds is 6. The first kappa shape index (κ1) is 19.7. The van der Waals surface area contributed by atoms with E-state index in [1.807, 2.05) is 36.4 Å². The van der Waals surface area contributed by atoms with Crippen LogP contribution in [0.2, 0.25) is 0 Å². The van der Waals surface area contributed by atoms with Gasteiger partial charge >= 0.3 is 0 Å². The van der Waals surface area contributed by atoms with Crippen molar-refractivity contribution in [2.75, 3.05) is 6.61 Å². The molecule has 0 unspecified atom stereocenters. The number of amides is 1. The van der Waals surface area contributed by atoms with E-state index in [0.717, 1.165) is 35.0 Å². The number of nitrogens with one attached hydrogen (secondary N) is 1. The van der Waals surface area contributed by atoms with Crippen molar-refractivity contribution in [1.82, 2.24) is 5.32 Å². The van der Waals surface area contributed by atoms with Gasteiger partial charge in [0.2, 0.25) is 5.91 Å². The second-order valence-corrected chi connectivity index (χ2v) is 6.38. The Morgan fingerprint density at radius 3 is 2.36 bits per heavy atom. The molecule has 4 nitrogen and oxygen atoms in total. The van der Waals surface area contributed by atoms with Crippen LogP contribution in [-0.4, -0.2) is 28.8 Å². The summed E-state index contributed by atoms with van der Waals surface area (Å²) in [5.41, 5.74) is 0.816. The number of benzene rings is 3. The van der Waals surface area contributed by atoms with Crippen LogP contribution < -0.4 is 5.32 Å². The van der Waals surface area contributed by atoms with Gasteiger partial charge in [-0.3, -0.25) is 4.79 Å². The lowest BCUT2D eigenvalue weighted by molar-refractivity contribution is -0.118. The average molecular weight is 383 g/mol. The number of aliphatic hydroxyl groups excluding tert-OH is 2. The molecule has 0 radical (unpaired) electrons. The van der Waals surface area contributed by atoms with Crippen LogP contribution in [0.1, 0.15) is 17.2 Å². The summed E-state index contributed by atoms with van der Waals surface area (Å²) >= 11 is 0. The van der Waals surface area contributed by atoms with Crippen LogP contribution in [0.5, 0.6) is 0 Å². The summed E-state index contributed by atoms with van der Waals surface area (Å²) in [5.74, 6) is -2.06. The fourth-order valence-electron chi connectivity index (χ4n) is 2.95. The van der Waals surface area contributed by atoms with Gasteiger partial charge in [-0.25, -0.2) is 8.78 Å². The summed E-state index contributed by atoms with van der Waals surface area (Å²) in [4.78, 5) is 12.3. The van der Waals surface area contributed by atoms with Gasteiger partial charge in [0.05, 0.1) is 12.6 Å². The number of carbonyl (C=O) groups excluding carboxylic acids is 1. The first-order valence-corrected chi connectivity index (χ1v) is 8.68. The molecule has 0 fully saturated rings. The highest BCUT2D eigenvalue weighted by Gasteiger charge is 2.22. The molecule has 0 spiro atoms. The first-order chi connectivity index (χ1) is 13.5. The Labute approximate surface area is 160 Å². The van der Waals surface area contributed by atoms with Crippen molar-refractivity contribution in [2.45, 2.75) is 12.1 Å². The van der Waals surface area contributed by atoms with Crippen LogP contribution in [0.15, 0.2) is 66.7 Å². The molecular formula is C22H19F2NO3. The number of fused-ring (bicyclic) bond motifs is 1. The van der Waals surface area contributed by atoms with Gasteiger partial charge < -0.3 is 15.5 Å². The third-order valence-electron chi connectivity index (χ3n) is 4.31. The molecule has 0 saturated carbocycles. The Balaban J connectivity index is 1.81. The van der Waals surface area contributed by atoms with E-state index in [2.05, 4.69) is 5.32 Å². The van der Waals surface area contributed by atoms with Gasteiger partial charge in [-0.05, 0) is 46.2 Å². The fourth-order valence-corrected chi connectivity index (χ4v) is 2.95. The van der Waals surface area contributed by atoms with Gasteiger partial charge in [0, 0.05) is 12.1 Å². The number of aliphatic hydroxyl groups is 2. The predicted octanol–water partition coefficient (Wildman–Crippen LogP) is 3.34. The van der Waals surface area contributed by atoms with Crippen LogP contribution in [0.3, 0.4) is 0 Å². The Bertz CT molecular complexity index is 999. The fraction of sp³-hybridized carbons (Fsp3) is 0.136. The lowest BCUT2D eigenvalue weighted by Crippen LogP contribution is -2.37. The van der Waals surface area contributed by atoms with Crippen molar-refractivity contribution in [2.24, 2.45) is 0 Å². The van der Waals surface area contributed by atoms with E-state index >= 15 is 0 Å². The van der Waals surface area contributed by atoms with Crippen molar-refractivity contribution < 1.29 is 23.8 Å². The Morgan fingerprint density at radius 1 is 1.00 bits per heavy atom. The van der Waals surface area contributed by atoms with Crippen LogP contribution >= 0.6 is 0 Å². The SMILES string of the molecule is O=C(C=Cc1cc(F)cc(F)c1)N[C@H](c1ccc2ccccc2c1)[C@H](O)CO. The molecule has 0 heterocycles. The normalized spacial score (nSPS) is 13.6. The van der Waals surface area contributed by atoms with E-state index in [9.17, 15) is 23.8 Å². The minimum absolute atomic E-state index is 0.192. The zero-order valence-electron chi connectivity index (χ0n) is 14.8. The smallest absolute Gasteiger partial charge is 0.244 e. The zero-order chi connectivity index (χ0) is 20.1. The summed E-state index contributed by atoms with van der Waals surface area (Å²) in [6, 6.07) is 15.2. The summed E-state index contributed by atoms with van der Waals surface area (Å²) in [5, 5.41) is 24.1. The molecular weight excluding hydrogens is 364 g/mol. The minimum atomic E-state index is -1.22. The topological polar surface area (TPSA) is 69.6 Å². The second-order valence-electron chi connectivity index (χ2n) is 6.38. The zero-order valence-corrected chi connectivity index (χ0v) is 14.8. The standard InChI is InChI=1S/C22H19F2NO3/c23-18-9-14(10-19(24)12-18)5-8-21(28)25-22(20(27)13-26)17-7-6-15-3-1-2-4-16(15)11-17/h1-12,20,22,26-27H,13H2,(H,25,28)/t20-,22-/m1/s1. The quantitative estimate of drug-likeness (QED) is 0.572. The van der Waals surface area contributed by atoms with Crippen LogP contribution in [0.4, 0.5) is 8.78 Å². The molecule has 0 aliphatic carbocycles. The minimum Gasteiger partial charge on any atom is -0.394 e. The molecule has 2 atom stereocenters. The lowest BCUT2D eigenvalue weighted by Gasteiger charge is -2.23. The monoisotopic (exact) mass is 383 g/mol. The summed E-state index contributed by atoms with van der Waals surface area (Å²) in [7, 11) is 0. The Morgan fingerprint density at radius 2 is 1.68 bits per heavy atom. The second kappa shape index (κ2) is 8.73. The lowest BCUT2D eigenvalue weighted by atomic mass is 9.98. The maximum absolute atomic E-state index is 13.2. The van der Waals surface area contributed by atoms with E-state index in [1.165, 1.54) is 6.08 Å². The van der Waals surface area contributed by atoms with E-state index in [1.54, 1.807) is 6.07 Å². The maximum Gasteiger partial charge on any atom is 0.244 e. The largest absolute Gasteiger partial charge is 0.394 e. The van der Waals surface area contributed by atoms with E-state index < -0.39 is 36.3 Å². The van der Waals surface area contributed by atoms with Gasteiger partial charge in [-0.1, -0.05) is 36.4 Å². The molecule has 28 heavy (non-hydrogen) atoms. The molecule has 0 bridgehead atoms. The Hall–Kier alpha value is -3.09. The van der Waals surface area contributed by atoms with Gasteiger partial charge in [0.25, 0.3) is 0 Å². The summed E-state index contributed by atoms with van der Waals surface area (Å²) < 4.78 is 26.5. The molecule has 144 valence electrons. The van der Waals surface area contributed by atoms with Gasteiger partial charge in [-0.2, -0.15) is 0 Å². The van der Waals surface area contributed by atoms with Crippen LogP contribution in [0.25, 0.3) is 16.8 Å². The van der Waals surface area contributed by atoms with Gasteiger partial charge in [0.15, 0.2) is 0 Å². The van der Waals surface area contributed by atoms with Crippen molar-refractivity contribution >= 4 is 22.8 Å². The summed E-state index contributed by atoms with van der Waals surface area (Å²) in [6.07, 6.45) is 1.17. The highest BCUT2D eigenvalue weighted by molar-refractivity contribution is 5.92. The molecule has 6 heteroatoms. The number of halogens is 2. The third-order valence-corrected chi connectivity index (χ3v) is 4.31. The molecule has 0 aromatic heterocycles. The number of carbonyl (C=O) groups is 1. The van der Waals surface area contributed by atoms with Gasteiger partial charge in [-0.15, -0.1) is 0 Å². The molecule has 0 saturated heterocycles. The molecule has 3 rings (SSSR count). The number of hydrogen-bond acceptors (Lipinski definition) is 3. The maximum atomic E-state index is 13.2. The molecule has 0 aliphatic rings. The van der Waals surface area contributed by atoms with E-state index in [0.29, 0.717) is 5.56 Å². The van der Waals surface area contributed by atoms with Crippen LogP contribution in [-0.2, 0) is 4.79 Å².